The third-order valence-electron chi connectivity index (χ3n) is 4.16. The van der Waals surface area contributed by atoms with Crippen molar-refractivity contribution < 1.29 is 9.59 Å². The summed E-state index contributed by atoms with van der Waals surface area (Å²) in [6.07, 6.45) is 3.25. The number of likely N-dealkylation sites (tertiary alicyclic amines) is 1. The number of anilines is 1. The van der Waals surface area contributed by atoms with Gasteiger partial charge in [-0.1, -0.05) is 12.1 Å². The van der Waals surface area contributed by atoms with E-state index in [1.54, 1.807) is 29.1 Å². The standard InChI is InChI=1S/C18H22N4O2/c1-13(2)22-16(9-10-19-22)20-18(24)15-7-5-14(6-8-15)12-21-11-3-4-17(21)23/h5-10,13H,3-4,11-12H2,1-2H3,(H,20,24). The predicted molar refractivity (Wildman–Crippen MR) is 91.7 cm³/mol. The Morgan fingerprint density at radius 2 is 2.00 bits per heavy atom. The summed E-state index contributed by atoms with van der Waals surface area (Å²) in [7, 11) is 0. The van der Waals surface area contributed by atoms with E-state index in [0.29, 0.717) is 24.3 Å². The molecule has 2 aromatic rings. The van der Waals surface area contributed by atoms with Crippen LogP contribution in [0.2, 0.25) is 0 Å². The highest BCUT2D eigenvalue weighted by Gasteiger charge is 2.20. The minimum absolute atomic E-state index is 0.166. The van der Waals surface area contributed by atoms with Gasteiger partial charge in [0.05, 0.1) is 6.20 Å². The van der Waals surface area contributed by atoms with Crippen molar-refractivity contribution in [2.45, 2.75) is 39.3 Å². The quantitative estimate of drug-likeness (QED) is 0.919. The Balaban J connectivity index is 1.65. The molecular formula is C18H22N4O2. The fourth-order valence-electron chi connectivity index (χ4n) is 2.87. The number of hydrogen-bond acceptors (Lipinski definition) is 3. The zero-order chi connectivity index (χ0) is 17.1. The summed E-state index contributed by atoms with van der Waals surface area (Å²) < 4.78 is 1.77. The minimum Gasteiger partial charge on any atom is -0.338 e. The van der Waals surface area contributed by atoms with E-state index in [0.717, 1.165) is 18.5 Å². The molecule has 1 saturated heterocycles. The Hall–Kier alpha value is -2.63. The second kappa shape index (κ2) is 6.86. The Morgan fingerprint density at radius 3 is 2.62 bits per heavy atom. The molecule has 2 amide bonds. The lowest BCUT2D eigenvalue weighted by Gasteiger charge is -2.15. The lowest BCUT2D eigenvalue weighted by Crippen LogP contribution is -2.23. The first kappa shape index (κ1) is 16.2. The average molecular weight is 326 g/mol. The van der Waals surface area contributed by atoms with Crippen LogP contribution in [0.3, 0.4) is 0 Å². The van der Waals surface area contributed by atoms with Gasteiger partial charge in [-0.2, -0.15) is 5.10 Å². The number of nitrogens with zero attached hydrogens (tertiary/aromatic N) is 3. The van der Waals surface area contributed by atoms with Crippen LogP contribution < -0.4 is 5.32 Å². The van der Waals surface area contributed by atoms with Gasteiger partial charge >= 0.3 is 0 Å². The Bertz CT molecular complexity index is 734. The maximum absolute atomic E-state index is 12.4. The number of nitrogens with one attached hydrogen (secondary N) is 1. The summed E-state index contributed by atoms with van der Waals surface area (Å²) in [6.45, 7) is 5.45. The van der Waals surface area contributed by atoms with Crippen molar-refractivity contribution in [1.82, 2.24) is 14.7 Å². The van der Waals surface area contributed by atoms with E-state index in [-0.39, 0.29) is 17.9 Å². The Morgan fingerprint density at radius 1 is 1.25 bits per heavy atom. The van der Waals surface area contributed by atoms with Crippen molar-refractivity contribution in [3.8, 4) is 0 Å². The molecule has 0 unspecified atom stereocenters. The molecule has 1 aliphatic heterocycles. The largest absolute Gasteiger partial charge is 0.338 e. The van der Waals surface area contributed by atoms with Crippen molar-refractivity contribution in [2.24, 2.45) is 0 Å². The SMILES string of the molecule is CC(C)n1nccc1NC(=O)c1ccc(CN2CCCC2=O)cc1. The molecular weight excluding hydrogens is 304 g/mol. The fourth-order valence-corrected chi connectivity index (χ4v) is 2.87. The maximum Gasteiger partial charge on any atom is 0.256 e. The van der Waals surface area contributed by atoms with Crippen LogP contribution in [0.4, 0.5) is 5.82 Å². The first-order valence-electron chi connectivity index (χ1n) is 8.26. The van der Waals surface area contributed by atoms with E-state index in [1.165, 1.54) is 0 Å². The van der Waals surface area contributed by atoms with Crippen molar-refractivity contribution in [3.63, 3.8) is 0 Å². The molecule has 0 bridgehead atoms. The predicted octanol–water partition coefficient (Wildman–Crippen LogP) is 2.84. The molecule has 0 spiro atoms. The highest BCUT2D eigenvalue weighted by atomic mass is 16.2. The van der Waals surface area contributed by atoms with Crippen LogP contribution in [-0.4, -0.2) is 33.0 Å². The Kier molecular flexibility index (Phi) is 4.64. The summed E-state index contributed by atoms with van der Waals surface area (Å²) in [5, 5.41) is 7.09. The molecule has 1 aromatic heterocycles. The van der Waals surface area contributed by atoms with Crippen LogP contribution in [-0.2, 0) is 11.3 Å². The van der Waals surface area contributed by atoms with Gasteiger partial charge in [0.2, 0.25) is 5.91 Å². The van der Waals surface area contributed by atoms with E-state index >= 15 is 0 Å². The average Bonchev–Trinajstić information content (AvgIpc) is 3.18. The van der Waals surface area contributed by atoms with E-state index in [4.69, 9.17) is 0 Å². The lowest BCUT2D eigenvalue weighted by molar-refractivity contribution is -0.128. The summed E-state index contributed by atoms with van der Waals surface area (Å²) in [6, 6.07) is 9.35. The first-order valence-corrected chi connectivity index (χ1v) is 8.26. The van der Waals surface area contributed by atoms with E-state index < -0.39 is 0 Å². The monoisotopic (exact) mass is 326 g/mol. The second-order valence-electron chi connectivity index (χ2n) is 6.32. The second-order valence-corrected chi connectivity index (χ2v) is 6.32. The zero-order valence-corrected chi connectivity index (χ0v) is 14.0. The van der Waals surface area contributed by atoms with Gasteiger partial charge in [-0.3, -0.25) is 9.59 Å². The van der Waals surface area contributed by atoms with Gasteiger partial charge in [-0.25, -0.2) is 4.68 Å². The molecule has 1 aromatic carbocycles. The molecule has 0 atom stereocenters. The molecule has 6 nitrogen and oxygen atoms in total. The molecule has 126 valence electrons. The summed E-state index contributed by atoms with van der Waals surface area (Å²) in [4.78, 5) is 25.9. The van der Waals surface area contributed by atoms with E-state index in [2.05, 4.69) is 10.4 Å². The number of carbonyl (C=O) groups excluding carboxylic acids is 2. The number of amides is 2. The van der Waals surface area contributed by atoms with Gasteiger partial charge in [-0.15, -0.1) is 0 Å². The molecule has 3 rings (SSSR count). The van der Waals surface area contributed by atoms with Crippen LogP contribution >= 0.6 is 0 Å². The summed E-state index contributed by atoms with van der Waals surface area (Å²) >= 11 is 0. The lowest BCUT2D eigenvalue weighted by atomic mass is 10.1. The van der Waals surface area contributed by atoms with Gasteiger partial charge in [-0.05, 0) is 38.0 Å². The topological polar surface area (TPSA) is 67.2 Å². The van der Waals surface area contributed by atoms with Crippen molar-refractivity contribution in [1.29, 1.82) is 0 Å². The fraction of sp³-hybridized carbons (Fsp3) is 0.389. The van der Waals surface area contributed by atoms with Crippen LogP contribution in [0, 0.1) is 0 Å². The smallest absolute Gasteiger partial charge is 0.256 e. The number of benzene rings is 1. The normalized spacial score (nSPS) is 14.5. The molecule has 1 aliphatic rings. The van der Waals surface area contributed by atoms with Crippen molar-refractivity contribution in [2.75, 3.05) is 11.9 Å². The van der Waals surface area contributed by atoms with Crippen LogP contribution in [0.1, 0.15) is 48.7 Å². The number of rotatable bonds is 5. The molecule has 0 saturated carbocycles. The van der Waals surface area contributed by atoms with Crippen LogP contribution in [0.5, 0.6) is 0 Å². The van der Waals surface area contributed by atoms with Gasteiger partial charge in [0.15, 0.2) is 0 Å². The maximum atomic E-state index is 12.4. The van der Waals surface area contributed by atoms with Gasteiger partial charge in [0.25, 0.3) is 5.91 Å². The van der Waals surface area contributed by atoms with E-state index in [1.807, 2.05) is 30.9 Å². The first-order chi connectivity index (χ1) is 11.5. The van der Waals surface area contributed by atoms with Crippen LogP contribution in [0.25, 0.3) is 0 Å². The highest BCUT2D eigenvalue weighted by Crippen LogP contribution is 2.17. The number of hydrogen-bond donors (Lipinski definition) is 1. The summed E-state index contributed by atoms with van der Waals surface area (Å²) in [5.41, 5.74) is 1.62. The van der Waals surface area contributed by atoms with Crippen molar-refractivity contribution in [3.05, 3.63) is 47.7 Å². The van der Waals surface area contributed by atoms with Crippen molar-refractivity contribution >= 4 is 17.6 Å². The molecule has 0 radical (unpaired) electrons. The minimum atomic E-state index is -0.166. The molecule has 6 heteroatoms. The van der Waals surface area contributed by atoms with Gasteiger partial charge in [0, 0.05) is 37.2 Å². The number of carbonyl (C=O) groups is 2. The molecule has 1 N–H and O–H groups in total. The highest BCUT2D eigenvalue weighted by molar-refractivity contribution is 6.03. The third kappa shape index (κ3) is 3.48. The van der Waals surface area contributed by atoms with Crippen LogP contribution in [0.15, 0.2) is 36.5 Å². The summed E-state index contributed by atoms with van der Waals surface area (Å²) in [5.74, 6) is 0.724. The number of aromatic nitrogens is 2. The van der Waals surface area contributed by atoms with Gasteiger partial charge in [0.1, 0.15) is 5.82 Å². The molecule has 0 aliphatic carbocycles. The van der Waals surface area contributed by atoms with Gasteiger partial charge < -0.3 is 10.2 Å². The molecule has 1 fully saturated rings. The Labute approximate surface area is 141 Å². The molecule has 2 heterocycles. The zero-order valence-electron chi connectivity index (χ0n) is 14.0. The third-order valence-corrected chi connectivity index (χ3v) is 4.16. The molecule has 24 heavy (non-hydrogen) atoms. The van der Waals surface area contributed by atoms with E-state index in [9.17, 15) is 9.59 Å².